The number of carbonyl (C=O) groups is 2. The summed E-state index contributed by atoms with van der Waals surface area (Å²) in [5.41, 5.74) is 7.86. The topological polar surface area (TPSA) is 111 Å². The van der Waals surface area contributed by atoms with Crippen LogP contribution in [0.2, 0.25) is 0 Å². The van der Waals surface area contributed by atoms with Gasteiger partial charge < -0.3 is 4.74 Å². The lowest BCUT2D eigenvalue weighted by Crippen LogP contribution is -2.44. The molecule has 0 saturated carbocycles. The Morgan fingerprint density at radius 2 is 1.85 bits per heavy atom. The quantitative estimate of drug-likeness (QED) is 0.645. The molecule has 0 aliphatic heterocycles. The fourth-order valence-electron chi connectivity index (χ4n) is 2.65. The summed E-state index contributed by atoms with van der Waals surface area (Å²) in [7, 11) is 0. The van der Waals surface area contributed by atoms with E-state index in [0.717, 1.165) is 16.8 Å². The molecule has 0 spiro atoms. The van der Waals surface area contributed by atoms with Crippen LogP contribution < -0.4 is 15.6 Å². The minimum absolute atomic E-state index is 0.0550. The van der Waals surface area contributed by atoms with Gasteiger partial charge in [-0.25, -0.2) is 9.50 Å². The highest BCUT2D eigenvalue weighted by Gasteiger charge is 2.15. The molecular formula is C18H20N6O3. The largest absolute Gasteiger partial charge is 0.483 e. The molecule has 140 valence electrons. The lowest BCUT2D eigenvalue weighted by molar-refractivity contribution is -0.129. The van der Waals surface area contributed by atoms with Crippen LogP contribution in [0.3, 0.4) is 0 Å². The van der Waals surface area contributed by atoms with Gasteiger partial charge in [-0.1, -0.05) is 18.2 Å². The number of aromatic nitrogens is 4. The van der Waals surface area contributed by atoms with E-state index < -0.39 is 5.91 Å². The number of nitrogens with zero attached hydrogens (tertiary/aromatic N) is 4. The molecule has 0 atom stereocenters. The molecule has 9 heteroatoms. The summed E-state index contributed by atoms with van der Waals surface area (Å²) >= 11 is 0. The maximum atomic E-state index is 12.2. The molecule has 2 N–H and O–H groups in total. The van der Waals surface area contributed by atoms with Crippen LogP contribution in [0.1, 0.15) is 22.5 Å². The Kier molecular flexibility index (Phi) is 5.30. The van der Waals surface area contributed by atoms with Crippen molar-refractivity contribution in [3.63, 3.8) is 0 Å². The molecule has 0 saturated heterocycles. The summed E-state index contributed by atoms with van der Waals surface area (Å²) in [6, 6.07) is 7.38. The molecule has 0 aliphatic carbocycles. The van der Waals surface area contributed by atoms with E-state index in [1.807, 2.05) is 32.0 Å². The summed E-state index contributed by atoms with van der Waals surface area (Å²) < 4.78 is 7.01. The van der Waals surface area contributed by atoms with Gasteiger partial charge in [0.05, 0.1) is 6.42 Å². The van der Waals surface area contributed by atoms with E-state index in [9.17, 15) is 9.59 Å². The Morgan fingerprint density at radius 3 is 2.63 bits per heavy atom. The smallest absolute Gasteiger partial charge is 0.276 e. The van der Waals surface area contributed by atoms with E-state index in [0.29, 0.717) is 17.2 Å². The highest BCUT2D eigenvalue weighted by molar-refractivity contribution is 5.84. The predicted octanol–water partition coefficient (Wildman–Crippen LogP) is 0.818. The Labute approximate surface area is 155 Å². The van der Waals surface area contributed by atoms with Crippen molar-refractivity contribution in [3.05, 3.63) is 53.1 Å². The molecule has 27 heavy (non-hydrogen) atoms. The number of para-hydroxylation sites is 1. The van der Waals surface area contributed by atoms with Crippen molar-refractivity contribution in [1.29, 1.82) is 0 Å². The lowest BCUT2D eigenvalue weighted by atomic mass is 10.1. The minimum atomic E-state index is -0.454. The summed E-state index contributed by atoms with van der Waals surface area (Å²) in [6.07, 6.45) is 1.46. The number of fused-ring (bicyclic) bond motifs is 1. The SMILES string of the molecule is Cc1ccccc1OCC(=O)NNC(=O)Cc1c(C)nc2ncnn2c1C. The van der Waals surface area contributed by atoms with Gasteiger partial charge >= 0.3 is 0 Å². The Balaban J connectivity index is 1.54. The third-order valence-corrected chi connectivity index (χ3v) is 4.12. The highest BCUT2D eigenvalue weighted by atomic mass is 16.5. The number of rotatable bonds is 5. The van der Waals surface area contributed by atoms with Crippen molar-refractivity contribution < 1.29 is 14.3 Å². The Morgan fingerprint density at radius 1 is 1.11 bits per heavy atom. The first-order valence-electron chi connectivity index (χ1n) is 8.37. The second-order valence-electron chi connectivity index (χ2n) is 6.06. The van der Waals surface area contributed by atoms with Gasteiger partial charge in [-0.3, -0.25) is 20.4 Å². The first kappa shape index (κ1) is 18.3. The van der Waals surface area contributed by atoms with Crippen molar-refractivity contribution in [2.24, 2.45) is 0 Å². The average molecular weight is 368 g/mol. The molecule has 1 aromatic carbocycles. The van der Waals surface area contributed by atoms with Crippen LogP contribution in [0.15, 0.2) is 30.6 Å². The molecular weight excluding hydrogens is 348 g/mol. The van der Waals surface area contributed by atoms with E-state index in [1.54, 1.807) is 17.5 Å². The molecule has 9 nitrogen and oxygen atoms in total. The van der Waals surface area contributed by atoms with E-state index in [-0.39, 0.29) is 18.9 Å². The zero-order valence-corrected chi connectivity index (χ0v) is 15.3. The van der Waals surface area contributed by atoms with E-state index >= 15 is 0 Å². The number of benzene rings is 1. The highest BCUT2D eigenvalue weighted by Crippen LogP contribution is 2.16. The van der Waals surface area contributed by atoms with Crippen LogP contribution in [0.5, 0.6) is 5.75 Å². The maximum Gasteiger partial charge on any atom is 0.276 e. The van der Waals surface area contributed by atoms with Crippen molar-refractivity contribution in [2.75, 3.05) is 6.61 Å². The van der Waals surface area contributed by atoms with Gasteiger partial charge in [-0.15, -0.1) is 0 Å². The fraction of sp³-hybridized carbons (Fsp3) is 0.278. The normalized spacial score (nSPS) is 10.6. The molecule has 0 aliphatic rings. The van der Waals surface area contributed by atoms with Crippen LogP contribution in [0.4, 0.5) is 0 Å². The number of amides is 2. The van der Waals surface area contributed by atoms with Gasteiger partial charge in [-0.2, -0.15) is 10.1 Å². The van der Waals surface area contributed by atoms with Gasteiger partial charge in [0.2, 0.25) is 5.91 Å². The predicted molar refractivity (Wildman–Crippen MR) is 96.9 cm³/mol. The van der Waals surface area contributed by atoms with E-state index in [1.165, 1.54) is 6.33 Å². The van der Waals surface area contributed by atoms with Gasteiger partial charge in [0.25, 0.3) is 11.7 Å². The molecule has 0 fully saturated rings. The molecule has 3 rings (SSSR count). The molecule has 2 amide bonds. The molecule has 0 unspecified atom stereocenters. The summed E-state index contributed by atoms with van der Waals surface area (Å²) in [4.78, 5) is 32.4. The Bertz CT molecular complexity index is 998. The van der Waals surface area contributed by atoms with Crippen LogP contribution in [-0.2, 0) is 16.0 Å². The third-order valence-electron chi connectivity index (χ3n) is 4.12. The summed E-state index contributed by atoms with van der Waals surface area (Å²) in [5, 5.41) is 4.09. The fourth-order valence-corrected chi connectivity index (χ4v) is 2.65. The van der Waals surface area contributed by atoms with Crippen LogP contribution >= 0.6 is 0 Å². The molecule has 2 heterocycles. The second-order valence-corrected chi connectivity index (χ2v) is 6.06. The molecule has 0 bridgehead atoms. The average Bonchev–Trinajstić information content (AvgIpc) is 3.11. The van der Waals surface area contributed by atoms with Crippen LogP contribution in [0.25, 0.3) is 5.78 Å². The van der Waals surface area contributed by atoms with Crippen LogP contribution in [-0.4, -0.2) is 38.0 Å². The zero-order chi connectivity index (χ0) is 19.4. The standard InChI is InChI=1S/C18H20N6O3/c1-11-6-4-5-7-15(11)27-9-17(26)23-22-16(25)8-14-12(2)21-18-19-10-20-24(18)13(14)3/h4-7,10H,8-9H2,1-3H3,(H,22,25)(H,23,26). The maximum absolute atomic E-state index is 12.2. The van der Waals surface area contributed by atoms with Gasteiger partial charge in [-0.05, 0) is 32.4 Å². The number of aryl methyl sites for hydroxylation is 3. The zero-order valence-electron chi connectivity index (χ0n) is 15.3. The molecule has 3 aromatic rings. The Hall–Kier alpha value is -3.49. The third kappa shape index (κ3) is 4.20. The minimum Gasteiger partial charge on any atom is -0.483 e. The summed E-state index contributed by atoms with van der Waals surface area (Å²) in [5.74, 6) is 0.282. The van der Waals surface area contributed by atoms with Crippen molar-refractivity contribution in [1.82, 2.24) is 30.4 Å². The second kappa shape index (κ2) is 7.81. The van der Waals surface area contributed by atoms with E-state index in [2.05, 4.69) is 25.9 Å². The van der Waals surface area contributed by atoms with Gasteiger partial charge in [0.1, 0.15) is 12.1 Å². The number of nitrogens with one attached hydrogen (secondary N) is 2. The first-order chi connectivity index (χ1) is 13.0. The van der Waals surface area contributed by atoms with Crippen molar-refractivity contribution in [3.8, 4) is 5.75 Å². The summed E-state index contributed by atoms with van der Waals surface area (Å²) in [6.45, 7) is 5.34. The van der Waals surface area contributed by atoms with E-state index in [4.69, 9.17) is 4.74 Å². The van der Waals surface area contributed by atoms with Crippen molar-refractivity contribution >= 4 is 17.6 Å². The van der Waals surface area contributed by atoms with Crippen molar-refractivity contribution in [2.45, 2.75) is 27.2 Å². The lowest BCUT2D eigenvalue weighted by Gasteiger charge is -2.12. The van der Waals surface area contributed by atoms with Gasteiger partial charge in [0.15, 0.2) is 6.61 Å². The number of hydrogen-bond acceptors (Lipinski definition) is 6. The van der Waals surface area contributed by atoms with Gasteiger partial charge in [0, 0.05) is 17.0 Å². The monoisotopic (exact) mass is 368 g/mol. The first-order valence-corrected chi connectivity index (χ1v) is 8.37. The van der Waals surface area contributed by atoms with Crippen LogP contribution in [0, 0.1) is 20.8 Å². The number of hydrazine groups is 1. The number of carbonyl (C=O) groups excluding carboxylic acids is 2. The molecule has 2 aromatic heterocycles. The number of ether oxygens (including phenoxy) is 1. The molecule has 0 radical (unpaired) electrons. The number of hydrogen-bond donors (Lipinski definition) is 2.